The van der Waals surface area contributed by atoms with Crippen LogP contribution in [0.1, 0.15) is 26.5 Å². The standard InChI is InChI=1S/C15H16ClN3O3S/c1-8-12(13(15(21)22-3)18-19(8)2)17-14(20)10-7-9(23-4)5-6-11(10)16/h5-7H,1-4H3,(H,17,20). The molecule has 0 aliphatic carbocycles. The molecule has 0 fully saturated rings. The fourth-order valence-electron chi connectivity index (χ4n) is 1.98. The van der Waals surface area contributed by atoms with Crippen LogP contribution >= 0.6 is 23.4 Å². The third-order valence-electron chi connectivity index (χ3n) is 3.37. The molecule has 6 nitrogen and oxygen atoms in total. The number of benzene rings is 1. The lowest BCUT2D eigenvalue weighted by Gasteiger charge is -2.09. The molecule has 2 aromatic rings. The van der Waals surface area contributed by atoms with Crippen LogP contribution in [0.5, 0.6) is 0 Å². The smallest absolute Gasteiger partial charge is 0.360 e. The van der Waals surface area contributed by atoms with Crippen LogP contribution in [0.4, 0.5) is 5.69 Å². The van der Waals surface area contributed by atoms with Gasteiger partial charge in [-0.05, 0) is 31.4 Å². The number of rotatable bonds is 4. The molecule has 1 aromatic carbocycles. The number of thioether (sulfide) groups is 1. The number of amides is 1. The van der Waals surface area contributed by atoms with Crippen LogP contribution in [-0.4, -0.2) is 35.0 Å². The van der Waals surface area contributed by atoms with Gasteiger partial charge in [0.05, 0.1) is 29.1 Å². The number of halogens is 1. The molecule has 1 heterocycles. The Labute approximate surface area is 143 Å². The first-order chi connectivity index (χ1) is 10.9. The summed E-state index contributed by atoms with van der Waals surface area (Å²) in [7, 11) is 2.94. The largest absolute Gasteiger partial charge is 0.464 e. The lowest BCUT2D eigenvalue weighted by molar-refractivity contribution is 0.0594. The minimum Gasteiger partial charge on any atom is -0.464 e. The molecule has 0 aliphatic heterocycles. The number of anilines is 1. The Bertz CT molecular complexity index is 774. The Morgan fingerprint density at radius 1 is 1.39 bits per heavy atom. The topological polar surface area (TPSA) is 73.2 Å². The Kier molecular flexibility index (Phi) is 5.33. The van der Waals surface area contributed by atoms with E-state index in [1.165, 1.54) is 23.6 Å². The van der Waals surface area contributed by atoms with Gasteiger partial charge in [-0.3, -0.25) is 9.48 Å². The van der Waals surface area contributed by atoms with E-state index in [0.29, 0.717) is 22.0 Å². The predicted molar refractivity (Wildman–Crippen MR) is 90.5 cm³/mol. The third kappa shape index (κ3) is 3.51. The maximum Gasteiger partial charge on any atom is 0.360 e. The molecule has 0 atom stereocenters. The van der Waals surface area contributed by atoms with E-state index >= 15 is 0 Å². The fourth-order valence-corrected chi connectivity index (χ4v) is 2.63. The number of aromatic nitrogens is 2. The van der Waals surface area contributed by atoms with Gasteiger partial charge < -0.3 is 10.1 Å². The van der Waals surface area contributed by atoms with Gasteiger partial charge in [0.25, 0.3) is 5.91 Å². The molecule has 122 valence electrons. The van der Waals surface area contributed by atoms with Crippen LogP contribution in [0, 0.1) is 6.92 Å². The van der Waals surface area contributed by atoms with Crippen LogP contribution in [0.2, 0.25) is 5.02 Å². The number of carbonyl (C=O) groups is 2. The van der Waals surface area contributed by atoms with E-state index in [-0.39, 0.29) is 5.69 Å². The van der Waals surface area contributed by atoms with Crippen LogP contribution in [-0.2, 0) is 11.8 Å². The molecule has 1 N–H and O–H groups in total. The highest BCUT2D eigenvalue weighted by Crippen LogP contribution is 2.26. The van der Waals surface area contributed by atoms with Crippen LogP contribution < -0.4 is 5.32 Å². The summed E-state index contributed by atoms with van der Waals surface area (Å²) in [6.45, 7) is 1.75. The number of carbonyl (C=O) groups excluding carboxylic acids is 2. The average Bonchev–Trinajstić information content (AvgIpc) is 2.82. The van der Waals surface area contributed by atoms with E-state index in [0.717, 1.165) is 4.90 Å². The molecular weight excluding hydrogens is 338 g/mol. The van der Waals surface area contributed by atoms with E-state index in [4.69, 9.17) is 16.3 Å². The maximum atomic E-state index is 12.5. The summed E-state index contributed by atoms with van der Waals surface area (Å²) in [5, 5.41) is 7.12. The number of aryl methyl sites for hydroxylation is 1. The second-order valence-corrected chi connectivity index (χ2v) is 6.01. The summed E-state index contributed by atoms with van der Waals surface area (Å²) in [6, 6.07) is 5.20. The van der Waals surface area contributed by atoms with Crippen molar-refractivity contribution in [2.24, 2.45) is 7.05 Å². The minimum atomic E-state index is -0.618. The maximum absolute atomic E-state index is 12.5. The second-order valence-electron chi connectivity index (χ2n) is 4.72. The highest BCUT2D eigenvalue weighted by atomic mass is 35.5. The Balaban J connectivity index is 2.40. The van der Waals surface area contributed by atoms with Crippen molar-refractivity contribution in [1.29, 1.82) is 0 Å². The Morgan fingerprint density at radius 2 is 2.09 bits per heavy atom. The summed E-state index contributed by atoms with van der Waals surface area (Å²) in [5.74, 6) is -1.03. The number of methoxy groups -OCH3 is 1. The van der Waals surface area contributed by atoms with E-state index in [1.807, 2.05) is 12.3 Å². The van der Waals surface area contributed by atoms with Gasteiger partial charge >= 0.3 is 5.97 Å². The second kappa shape index (κ2) is 7.06. The molecule has 2 rings (SSSR count). The highest BCUT2D eigenvalue weighted by Gasteiger charge is 2.23. The highest BCUT2D eigenvalue weighted by molar-refractivity contribution is 7.98. The normalized spacial score (nSPS) is 10.5. The van der Waals surface area contributed by atoms with Gasteiger partial charge in [0.15, 0.2) is 5.69 Å². The summed E-state index contributed by atoms with van der Waals surface area (Å²) in [4.78, 5) is 25.3. The Morgan fingerprint density at radius 3 is 2.70 bits per heavy atom. The molecule has 0 spiro atoms. The first-order valence-corrected chi connectivity index (χ1v) is 8.26. The van der Waals surface area contributed by atoms with E-state index in [9.17, 15) is 9.59 Å². The quantitative estimate of drug-likeness (QED) is 0.675. The lowest BCUT2D eigenvalue weighted by Crippen LogP contribution is -2.16. The van der Waals surface area contributed by atoms with Crippen molar-refractivity contribution in [2.45, 2.75) is 11.8 Å². The predicted octanol–water partition coefficient (Wildman–Crippen LogP) is 3.14. The average molecular weight is 354 g/mol. The van der Waals surface area contributed by atoms with Crippen LogP contribution in [0.25, 0.3) is 0 Å². The van der Waals surface area contributed by atoms with E-state index in [2.05, 4.69) is 10.4 Å². The molecule has 0 bridgehead atoms. The number of hydrogen-bond donors (Lipinski definition) is 1. The number of ether oxygens (including phenoxy) is 1. The zero-order valence-electron chi connectivity index (χ0n) is 13.1. The molecular formula is C15H16ClN3O3S. The van der Waals surface area contributed by atoms with Gasteiger partial charge in [0, 0.05) is 11.9 Å². The van der Waals surface area contributed by atoms with Crippen molar-refractivity contribution in [3.63, 3.8) is 0 Å². The fraction of sp³-hybridized carbons (Fsp3) is 0.267. The van der Waals surface area contributed by atoms with Gasteiger partial charge in [-0.15, -0.1) is 11.8 Å². The number of nitrogens with zero attached hydrogens (tertiary/aromatic N) is 2. The van der Waals surface area contributed by atoms with Crippen molar-refractivity contribution >= 4 is 40.9 Å². The first-order valence-electron chi connectivity index (χ1n) is 6.65. The van der Waals surface area contributed by atoms with Crippen molar-refractivity contribution in [3.05, 3.63) is 40.2 Å². The molecule has 8 heteroatoms. The summed E-state index contributed by atoms with van der Waals surface area (Å²) in [6.07, 6.45) is 1.91. The minimum absolute atomic E-state index is 0.0537. The van der Waals surface area contributed by atoms with Crippen LogP contribution in [0.3, 0.4) is 0 Å². The van der Waals surface area contributed by atoms with E-state index < -0.39 is 11.9 Å². The molecule has 0 radical (unpaired) electrons. The number of esters is 1. The Hall–Kier alpha value is -1.99. The van der Waals surface area contributed by atoms with E-state index in [1.54, 1.807) is 26.1 Å². The number of nitrogens with one attached hydrogen (secondary N) is 1. The molecule has 0 aliphatic rings. The van der Waals surface area contributed by atoms with Gasteiger partial charge in [-0.25, -0.2) is 4.79 Å². The molecule has 1 aromatic heterocycles. The lowest BCUT2D eigenvalue weighted by atomic mass is 10.2. The third-order valence-corrected chi connectivity index (χ3v) is 4.42. The number of hydrogen-bond acceptors (Lipinski definition) is 5. The first kappa shape index (κ1) is 17.4. The molecule has 0 saturated carbocycles. The van der Waals surface area contributed by atoms with Crippen molar-refractivity contribution < 1.29 is 14.3 Å². The molecule has 23 heavy (non-hydrogen) atoms. The van der Waals surface area contributed by atoms with Crippen molar-refractivity contribution in [3.8, 4) is 0 Å². The van der Waals surface area contributed by atoms with Crippen molar-refractivity contribution in [1.82, 2.24) is 9.78 Å². The zero-order valence-corrected chi connectivity index (χ0v) is 14.7. The zero-order chi connectivity index (χ0) is 17.1. The van der Waals surface area contributed by atoms with Crippen molar-refractivity contribution in [2.75, 3.05) is 18.7 Å². The SMILES string of the molecule is COC(=O)c1nn(C)c(C)c1NC(=O)c1cc(SC)ccc1Cl. The molecule has 1 amide bonds. The van der Waals surface area contributed by atoms with Gasteiger partial charge in [-0.2, -0.15) is 5.10 Å². The summed E-state index contributed by atoms with van der Waals surface area (Å²) < 4.78 is 6.20. The monoisotopic (exact) mass is 353 g/mol. The van der Waals surface area contributed by atoms with Gasteiger partial charge in [0.1, 0.15) is 0 Å². The van der Waals surface area contributed by atoms with Gasteiger partial charge in [-0.1, -0.05) is 11.6 Å². The summed E-state index contributed by atoms with van der Waals surface area (Å²) in [5.41, 5.74) is 1.33. The molecule has 0 unspecified atom stereocenters. The van der Waals surface area contributed by atoms with Crippen LogP contribution in [0.15, 0.2) is 23.1 Å². The molecule has 0 saturated heterocycles. The summed E-state index contributed by atoms with van der Waals surface area (Å²) >= 11 is 7.61. The van der Waals surface area contributed by atoms with Gasteiger partial charge in [0.2, 0.25) is 0 Å².